The number of nitro groups is 1. The Hall–Kier alpha value is -2.04. The fraction of sp³-hybridized carbons (Fsp3) is 0.562. The van der Waals surface area contributed by atoms with Crippen molar-refractivity contribution in [2.24, 2.45) is 5.92 Å². The summed E-state index contributed by atoms with van der Waals surface area (Å²) in [7, 11) is -2.08. The van der Waals surface area contributed by atoms with E-state index in [1.807, 2.05) is 6.92 Å². The minimum atomic E-state index is -3.85. The Kier molecular flexibility index (Phi) is 6.32. The van der Waals surface area contributed by atoms with E-state index in [0.29, 0.717) is 25.2 Å². The zero-order valence-corrected chi connectivity index (χ0v) is 16.0. The highest BCUT2D eigenvalue weighted by Crippen LogP contribution is 2.25. The summed E-state index contributed by atoms with van der Waals surface area (Å²) in [5, 5.41) is 13.9. The number of nitrogens with zero attached hydrogens (tertiary/aromatic N) is 3. The lowest BCUT2D eigenvalue weighted by Gasteiger charge is -2.35. The van der Waals surface area contributed by atoms with Gasteiger partial charge in [0.1, 0.15) is 0 Å². The Morgan fingerprint density at radius 3 is 2.46 bits per heavy atom. The number of rotatable bonds is 6. The third-order valence-corrected chi connectivity index (χ3v) is 6.52. The second-order valence-corrected chi connectivity index (χ2v) is 8.30. The molecule has 1 aliphatic rings. The fourth-order valence-electron chi connectivity index (χ4n) is 2.97. The zero-order chi connectivity index (χ0) is 19.5. The number of nitrogens with one attached hydrogen (secondary N) is 1. The van der Waals surface area contributed by atoms with Crippen LogP contribution in [0.1, 0.15) is 12.5 Å². The maximum atomic E-state index is 12.9. The van der Waals surface area contributed by atoms with Gasteiger partial charge in [-0.05, 0) is 19.5 Å². The van der Waals surface area contributed by atoms with Gasteiger partial charge in [-0.2, -0.15) is 4.31 Å². The maximum absolute atomic E-state index is 12.9. The summed E-state index contributed by atoms with van der Waals surface area (Å²) in [4.78, 5) is 24.3. The maximum Gasteiger partial charge on any atom is 0.270 e. The number of benzene rings is 1. The average molecular weight is 384 g/mol. The molecule has 144 valence electrons. The Morgan fingerprint density at radius 1 is 1.31 bits per heavy atom. The van der Waals surface area contributed by atoms with Crippen LogP contribution in [0.3, 0.4) is 0 Å². The van der Waals surface area contributed by atoms with Crippen LogP contribution in [-0.2, 0) is 14.8 Å². The van der Waals surface area contributed by atoms with Gasteiger partial charge in [0, 0.05) is 50.8 Å². The van der Waals surface area contributed by atoms with Crippen LogP contribution in [0, 0.1) is 23.0 Å². The summed E-state index contributed by atoms with van der Waals surface area (Å²) >= 11 is 0. The fourth-order valence-corrected chi connectivity index (χ4v) is 4.64. The lowest BCUT2D eigenvalue weighted by molar-refractivity contribution is -0.385. The predicted molar refractivity (Wildman–Crippen MR) is 96.3 cm³/mol. The van der Waals surface area contributed by atoms with E-state index >= 15 is 0 Å². The van der Waals surface area contributed by atoms with Crippen LogP contribution >= 0.6 is 0 Å². The molecule has 1 N–H and O–H groups in total. The molecule has 9 nitrogen and oxygen atoms in total. The van der Waals surface area contributed by atoms with Crippen LogP contribution in [0.4, 0.5) is 5.69 Å². The van der Waals surface area contributed by atoms with E-state index in [1.54, 1.807) is 18.9 Å². The smallest absolute Gasteiger partial charge is 0.270 e. The number of aryl methyl sites for hydroxylation is 1. The molecule has 0 bridgehead atoms. The molecule has 0 saturated carbocycles. The summed E-state index contributed by atoms with van der Waals surface area (Å²) in [6.07, 6.45) is 0. The molecule has 0 aromatic heterocycles. The molecule has 1 heterocycles. The third-order valence-electron chi connectivity index (χ3n) is 4.48. The van der Waals surface area contributed by atoms with Gasteiger partial charge in [-0.3, -0.25) is 14.9 Å². The van der Waals surface area contributed by atoms with Crippen molar-refractivity contribution in [2.75, 3.05) is 39.8 Å². The third kappa shape index (κ3) is 4.19. The van der Waals surface area contributed by atoms with Crippen LogP contribution in [0.15, 0.2) is 23.1 Å². The molecular weight excluding hydrogens is 360 g/mol. The van der Waals surface area contributed by atoms with Crippen LogP contribution < -0.4 is 5.32 Å². The molecule has 1 saturated heterocycles. The van der Waals surface area contributed by atoms with Crippen LogP contribution in [0.25, 0.3) is 0 Å². The minimum absolute atomic E-state index is 0.0112. The number of amides is 1. The molecular formula is C16H24N4O5S. The first-order chi connectivity index (χ1) is 12.2. The number of non-ortho nitro benzene ring substituents is 1. The molecule has 1 amide bonds. The summed E-state index contributed by atoms with van der Waals surface area (Å²) in [5.41, 5.74) is 0.195. The van der Waals surface area contributed by atoms with Gasteiger partial charge in [-0.15, -0.1) is 0 Å². The molecule has 2 rings (SSSR count). The van der Waals surface area contributed by atoms with Gasteiger partial charge >= 0.3 is 0 Å². The highest BCUT2D eigenvalue weighted by molar-refractivity contribution is 7.89. The van der Waals surface area contributed by atoms with Gasteiger partial charge in [-0.1, -0.05) is 13.0 Å². The zero-order valence-electron chi connectivity index (χ0n) is 15.1. The molecule has 1 unspecified atom stereocenters. The van der Waals surface area contributed by atoms with Crippen molar-refractivity contribution in [3.05, 3.63) is 33.9 Å². The standard InChI is InChI=1S/C16H24N4O5S/c1-12-4-5-14(20(22)23)10-15(12)26(24,25)19-8-6-18(7-9-19)16(21)13(2)11-17-3/h4-5,10,13,17H,6-9,11H2,1-3H3. The molecule has 0 spiro atoms. The first kappa shape index (κ1) is 20.3. The highest BCUT2D eigenvalue weighted by atomic mass is 32.2. The second kappa shape index (κ2) is 8.11. The SMILES string of the molecule is CNCC(C)C(=O)N1CCN(S(=O)(=O)c2cc([N+](=O)[O-])ccc2C)CC1. The number of hydrogen-bond donors (Lipinski definition) is 1. The molecule has 1 atom stereocenters. The summed E-state index contributed by atoms with van der Waals surface area (Å²) in [5.74, 6) is -0.190. The quantitative estimate of drug-likeness (QED) is 0.567. The van der Waals surface area contributed by atoms with Gasteiger partial charge in [-0.25, -0.2) is 8.42 Å². The Bertz CT molecular complexity index is 788. The van der Waals surface area contributed by atoms with Gasteiger partial charge in [0.25, 0.3) is 5.69 Å². The Balaban J connectivity index is 2.15. The van der Waals surface area contributed by atoms with Crippen molar-refractivity contribution in [1.29, 1.82) is 0 Å². The van der Waals surface area contributed by atoms with E-state index in [-0.39, 0.29) is 35.5 Å². The molecule has 1 aromatic rings. The first-order valence-corrected chi connectivity index (χ1v) is 9.81. The molecule has 1 aromatic carbocycles. The van der Waals surface area contributed by atoms with E-state index in [4.69, 9.17) is 0 Å². The first-order valence-electron chi connectivity index (χ1n) is 8.37. The number of sulfonamides is 1. The molecule has 0 radical (unpaired) electrons. The molecule has 26 heavy (non-hydrogen) atoms. The van der Waals surface area contributed by atoms with Crippen LogP contribution in [0.5, 0.6) is 0 Å². The van der Waals surface area contributed by atoms with Gasteiger partial charge in [0.2, 0.25) is 15.9 Å². The van der Waals surface area contributed by atoms with E-state index in [0.717, 1.165) is 6.07 Å². The number of nitro benzene ring substituents is 1. The lowest BCUT2D eigenvalue weighted by Crippen LogP contribution is -2.52. The summed E-state index contributed by atoms with van der Waals surface area (Å²) in [6, 6.07) is 3.82. The molecule has 0 aliphatic carbocycles. The van der Waals surface area contributed by atoms with Crippen molar-refractivity contribution in [3.8, 4) is 0 Å². The van der Waals surface area contributed by atoms with Crippen molar-refractivity contribution in [2.45, 2.75) is 18.7 Å². The summed E-state index contributed by atoms with van der Waals surface area (Å²) in [6.45, 7) is 4.94. The predicted octanol–water partition coefficient (Wildman–Crippen LogP) is 0.592. The molecule has 1 fully saturated rings. The molecule has 10 heteroatoms. The average Bonchev–Trinajstić information content (AvgIpc) is 2.61. The van der Waals surface area contributed by atoms with Crippen molar-refractivity contribution >= 4 is 21.6 Å². The van der Waals surface area contributed by atoms with E-state index in [9.17, 15) is 23.3 Å². The number of piperazine rings is 1. The normalized spacial score (nSPS) is 17.1. The van der Waals surface area contributed by atoms with Gasteiger partial charge in [0.15, 0.2) is 0 Å². The largest absolute Gasteiger partial charge is 0.340 e. The summed E-state index contributed by atoms with van der Waals surface area (Å²) < 4.78 is 27.1. The minimum Gasteiger partial charge on any atom is -0.340 e. The Morgan fingerprint density at radius 2 is 1.92 bits per heavy atom. The number of carbonyl (C=O) groups excluding carboxylic acids is 1. The topological polar surface area (TPSA) is 113 Å². The number of carbonyl (C=O) groups is 1. The van der Waals surface area contributed by atoms with Crippen LogP contribution in [0.2, 0.25) is 0 Å². The Labute approximate surface area is 153 Å². The van der Waals surface area contributed by atoms with Crippen molar-refractivity contribution < 1.29 is 18.1 Å². The van der Waals surface area contributed by atoms with Gasteiger partial charge in [0.05, 0.1) is 9.82 Å². The monoisotopic (exact) mass is 384 g/mol. The van der Waals surface area contributed by atoms with Crippen molar-refractivity contribution in [3.63, 3.8) is 0 Å². The lowest BCUT2D eigenvalue weighted by atomic mass is 10.1. The molecule has 1 aliphatic heterocycles. The second-order valence-electron chi connectivity index (χ2n) is 6.40. The van der Waals surface area contributed by atoms with Crippen LogP contribution in [-0.4, -0.2) is 68.2 Å². The van der Waals surface area contributed by atoms with E-state index in [1.165, 1.54) is 16.4 Å². The van der Waals surface area contributed by atoms with E-state index < -0.39 is 14.9 Å². The van der Waals surface area contributed by atoms with Gasteiger partial charge < -0.3 is 10.2 Å². The highest BCUT2D eigenvalue weighted by Gasteiger charge is 2.32. The van der Waals surface area contributed by atoms with E-state index in [2.05, 4.69) is 5.32 Å². The number of hydrogen-bond acceptors (Lipinski definition) is 6. The van der Waals surface area contributed by atoms with Crippen molar-refractivity contribution in [1.82, 2.24) is 14.5 Å².